The van der Waals surface area contributed by atoms with E-state index in [1.54, 1.807) is 0 Å². The van der Waals surface area contributed by atoms with Crippen LogP contribution in [0.3, 0.4) is 0 Å². The fraction of sp³-hybridized carbons (Fsp3) is 0.0169. The van der Waals surface area contributed by atoms with Crippen molar-refractivity contribution in [1.82, 2.24) is 19.1 Å². The zero-order chi connectivity index (χ0) is 43.6. The largest absolute Gasteiger partial charge is 0.309 e. The molecule has 4 nitrogen and oxygen atoms in total. The van der Waals surface area contributed by atoms with E-state index in [1.165, 1.54) is 18.2 Å². The Hall–Kier alpha value is -8.48. The number of aromatic nitrogens is 4. The Morgan fingerprint density at radius 3 is 1.35 bits per heavy atom. The Morgan fingerprint density at radius 1 is 0.369 bits per heavy atom. The first-order valence-corrected chi connectivity index (χ1v) is 21.7. The van der Waals surface area contributed by atoms with Crippen molar-refractivity contribution in [2.45, 2.75) is 6.92 Å². The van der Waals surface area contributed by atoms with Crippen LogP contribution in [-0.2, 0) is 0 Å². The minimum atomic E-state index is -0.627. The minimum Gasteiger partial charge on any atom is -0.309 e. The van der Waals surface area contributed by atoms with Crippen molar-refractivity contribution in [3.8, 4) is 67.3 Å². The van der Waals surface area contributed by atoms with Crippen molar-refractivity contribution in [2.75, 3.05) is 0 Å². The molecule has 6 heteroatoms. The molecule has 0 unspecified atom stereocenters. The lowest BCUT2D eigenvalue weighted by Crippen LogP contribution is -2.07. The van der Waals surface area contributed by atoms with Crippen LogP contribution in [0.25, 0.3) is 111 Å². The third-order valence-corrected chi connectivity index (χ3v) is 12.8. The molecule has 0 amide bonds. The maximum absolute atomic E-state index is 16.2. The first-order chi connectivity index (χ1) is 32.0. The predicted octanol–water partition coefficient (Wildman–Crippen LogP) is 15.6. The van der Waals surface area contributed by atoms with Crippen LogP contribution in [0.1, 0.15) is 5.56 Å². The van der Waals surface area contributed by atoms with Crippen LogP contribution >= 0.6 is 0 Å². The highest BCUT2D eigenvalue weighted by atomic mass is 19.1. The maximum atomic E-state index is 16.2. The van der Waals surface area contributed by atoms with Gasteiger partial charge in [-0.25, -0.2) is 8.78 Å². The average molecular weight is 841 g/mol. The maximum Gasteiger partial charge on any atom is 0.134 e. The number of fused-ring (bicyclic) bond motifs is 6. The minimum absolute atomic E-state index is 0.0732. The van der Waals surface area contributed by atoms with Crippen molar-refractivity contribution >= 4 is 43.6 Å². The van der Waals surface area contributed by atoms with Gasteiger partial charge >= 0.3 is 0 Å². The second-order valence-corrected chi connectivity index (χ2v) is 16.5. The number of rotatable bonds is 7. The lowest BCUT2D eigenvalue weighted by Gasteiger charge is -2.22. The highest BCUT2D eigenvalue weighted by molar-refractivity contribution is 6.12. The Kier molecular flexibility index (Phi) is 9.05. The van der Waals surface area contributed by atoms with Gasteiger partial charge in [0, 0.05) is 61.8 Å². The molecule has 4 heterocycles. The van der Waals surface area contributed by atoms with E-state index in [4.69, 9.17) is 9.97 Å². The summed E-state index contributed by atoms with van der Waals surface area (Å²) in [7, 11) is 0. The molecule has 0 aliphatic rings. The second-order valence-electron chi connectivity index (χ2n) is 16.5. The van der Waals surface area contributed by atoms with E-state index >= 15 is 8.78 Å². The number of nitrogens with zero attached hydrogens (tertiary/aromatic N) is 4. The van der Waals surface area contributed by atoms with E-state index < -0.39 is 11.6 Å². The van der Waals surface area contributed by atoms with Crippen LogP contribution in [0.15, 0.2) is 213 Å². The van der Waals surface area contributed by atoms with Gasteiger partial charge in [-0.2, -0.15) is 0 Å². The van der Waals surface area contributed by atoms with Crippen LogP contribution in [0, 0.1) is 18.6 Å². The molecule has 0 bridgehead atoms. The van der Waals surface area contributed by atoms with Crippen molar-refractivity contribution in [2.24, 2.45) is 0 Å². The van der Waals surface area contributed by atoms with Crippen LogP contribution in [-0.4, -0.2) is 19.1 Å². The van der Waals surface area contributed by atoms with Gasteiger partial charge in [0.1, 0.15) is 11.6 Å². The molecular formula is C59H38F2N4. The van der Waals surface area contributed by atoms with Gasteiger partial charge in [0.05, 0.1) is 50.4 Å². The molecule has 65 heavy (non-hydrogen) atoms. The SMILES string of the molecule is Cc1c(-n2c3ccccc3c3ccc(-c4ccc(-c5ccccc5)nc4)cc32)ccc(-c2c(F)cccc2F)c1-n1c2ccccc2c2ccc(-c3ccc(-c4ccccc4)nc3)cc21. The Labute approximate surface area is 374 Å². The highest BCUT2D eigenvalue weighted by Gasteiger charge is 2.25. The number of halogens is 2. The summed E-state index contributed by atoms with van der Waals surface area (Å²) in [5.41, 5.74) is 14.5. The van der Waals surface area contributed by atoms with Crippen molar-refractivity contribution < 1.29 is 8.78 Å². The first-order valence-electron chi connectivity index (χ1n) is 21.7. The molecule has 308 valence electrons. The van der Waals surface area contributed by atoms with Crippen LogP contribution < -0.4 is 0 Å². The van der Waals surface area contributed by atoms with E-state index in [0.717, 1.165) is 99.6 Å². The standard InChI is InChI=1S/C59H38F2N4/c1-37-53(64-54-21-10-8-17-44(54)46-27-23-40(33-56(46)64)42-25-30-51(62-35-42)38-13-4-2-5-14-38)32-29-48(58-49(60)19-12-20-50(58)61)59(37)65-55-22-11-9-18-45(55)47-28-24-41(34-57(47)65)43-26-31-52(63-36-43)39-15-6-3-7-16-39/h2-36H,1H3. The van der Waals surface area contributed by atoms with E-state index in [-0.39, 0.29) is 5.56 Å². The summed E-state index contributed by atoms with van der Waals surface area (Å²) in [5, 5.41) is 4.25. The summed E-state index contributed by atoms with van der Waals surface area (Å²) in [6.07, 6.45) is 3.84. The van der Waals surface area contributed by atoms with Crippen molar-refractivity contribution in [3.05, 3.63) is 230 Å². The van der Waals surface area contributed by atoms with Crippen LogP contribution in [0.5, 0.6) is 0 Å². The normalized spacial score (nSPS) is 11.6. The highest BCUT2D eigenvalue weighted by Crippen LogP contribution is 2.44. The van der Waals surface area contributed by atoms with Crippen molar-refractivity contribution in [1.29, 1.82) is 0 Å². The summed E-state index contributed by atoms with van der Waals surface area (Å²) >= 11 is 0. The fourth-order valence-corrected chi connectivity index (χ4v) is 9.67. The summed E-state index contributed by atoms with van der Waals surface area (Å²) in [6.45, 7) is 2.07. The number of hydrogen-bond acceptors (Lipinski definition) is 2. The van der Waals surface area contributed by atoms with Gasteiger partial charge in [-0.3, -0.25) is 9.97 Å². The topological polar surface area (TPSA) is 35.6 Å². The van der Waals surface area contributed by atoms with Gasteiger partial charge < -0.3 is 9.13 Å². The molecule has 8 aromatic carbocycles. The quantitative estimate of drug-likeness (QED) is 0.160. The third kappa shape index (κ3) is 6.33. The first kappa shape index (κ1) is 38.2. The molecular weight excluding hydrogens is 803 g/mol. The van der Waals surface area contributed by atoms with E-state index in [9.17, 15) is 0 Å². The second kappa shape index (κ2) is 15.4. The number of para-hydroxylation sites is 2. The summed E-state index contributed by atoms with van der Waals surface area (Å²) in [6, 6.07) is 66.3. The zero-order valence-electron chi connectivity index (χ0n) is 35.3. The third-order valence-electron chi connectivity index (χ3n) is 12.8. The fourth-order valence-electron chi connectivity index (χ4n) is 9.67. The molecule has 0 aliphatic carbocycles. The Bertz CT molecular complexity index is 3760. The smallest absolute Gasteiger partial charge is 0.134 e. The van der Waals surface area contributed by atoms with Gasteiger partial charge in [-0.05, 0) is 84.3 Å². The molecule has 0 atom stereocenters. The molecule has 4 aromatic heterocycles. The van der Waals surface area contributed by atoms with E-state index in [1.807, 2.05) is 79.1 Å². The lowest BCUT2D eigenvalue weighted by atomic mass is 9.97. The van der Waals surface area contributed by atoms with Crippen LogP contribution in [0.2, 0.25) is 0 Å². The molecule has 0 saturated carbocycles. The molecule has 0 spiro atoms. The number of hydrogen-bond donors (Lipinski definition) is 0. The van der Waals surface area contributed by atoms with E-state index in [2.05, 4.69) is 131 Å². The molecule has 0 aliphatic heterocycles. The zero-order valence-corrected chi connectivity index (χ0v) is 35.3. The number of pyridine rings is 2. The summed E-state index contributed by atoms with van der Waals surface area (Å²) in [5.74, 6) is -1.25. The van der Waals surface area contributed by atoms with Gasteiger partial charge in [0.25, 0.3) is 0 Å². The Balaban J connectivity index is 1.10. The van der Waals surface area contributed by atoms with E-state index in [0.29, 0.717) is 11.3 Å². The van der Waals surface area contributed by atoms with Gasteiger partial charge in [-0.15, -0.1) is 0 Å². The Morgan fingerprint density at radius 2 is 0.831 bits per heavy atom. The number of benzene rings is 8. The predicted molar refractivity (Wildman–Crippen MR) is 263 cm³/mol. The molecule has 12 rings (SSSR count). The molecule has 0 radical (unpaired) electrons. The monoisotopic (exact) mass is 840 g/mol. The van der Waals surface area contributed by atoms with Gasteiger partial charge in [0.15, 0.2) is 0 Å². The molecule has 0 saturated heterocycles. The van der Waals surface area contributed by atoms with Crippen LogP contribution in [0.4, 0.5) is 8.78 Å². The average Bonchev–Trinajstić information content (AvgIpc) is 3.86. The summed E-state index contributed by atoms with van der Waals surface area (Å²) < 4.78 is 36.9. The molecule has 0 N–H and O–H groups in total. The molecule has 0 fully saturated rings. The molecule has 12 aromatic rings. The van der Waals surface area contributed by atoms with Gasteiger partial charge in [0.2, 0.25) is 0 Å². The lowest BCUT2D eigenvalue weighted by molar-refractivity contribution is 0.589. The van der Waals surface area contributed by atoms with Gasteiger partial charge in [-0.1, -0.05) is 140 Å². The summed E-state index contributed by atoms with van der Waals surface area (Å²) in [4.78, 5) is 9.70. The van der Waals surface area contributed by atoms with Crippen molar-refractivity contribution in [3.63, 3.8) is 0 Å².